The zero-order valence-corrected chi connectivity index (χ0v) is 10.6. The van der Waals surface area contributed by atoms with Gasteiger partial charge in [0.15, 0.2) is 0 Å². The van der Waals surface area contributed by atoms with Crippen LogP contribution in [0.1, 0.15) is 39.5 Å². The molecule has 0 radical (unpaired) electrons. The van der Waals surface area contributed by atoms with Crippen LogP contribution < -0.4 is 0 Å². The van der Waals surface area contributed by atoms with Crippen molar-refractivity contribution >= 4 is 20.2 Å². The Kier molecular flexibility index (Phi) is 8.46. The van der Waals surface area contributed by atoms with Crippen LogP contribution in [0.3, 0.4) is 0 Å². The molecule has 0 aliphatic carbocycles. The predicted molar refractivity (Wildman–Crippen MR) is 48.8 cm³/mol. The molecule has 0 aromatic heterocycles. The number of unbranched alkanes of at least 4 members (excludes halogenated alkanes) is 2. The van der Waals surface area contributed by atoms with Gasteiger partial charge in [0, 0.05) is 0 Å². The van der Waals surface area contributed by atoms with E-state index in [9.17, 15) is 3.44 Å². The van der Waals surface area contributed by atoms with Gasteiger partial charge in [-0.2, -0.15) is 0 Å². The minimum atomic E-state index is -1.85. The average Bonchev–Trinajstić information content (AvgIpc) is 1.89. The first-order chi connectivity index (χ1) is 4.81. The molecule has 2 heteroatoms. The molecule has 0 heterocycles. The van der Waals surface area contributed by atoms with E-state index in [1.54, 1.807) is 0 Å². The summed E-state index contributed by atoms with van der Waals surface area (Å²) >= 11 is -1.85. The second kappa shape index (κ2) is 7.86. The summed E-state index contributed by atoms with van der Waals surface area (Å²) in [5.41, 5.74) is 0. The van der Waals surface area contributed by atoms with Crippen molar-refractivity contribution in [2.24, 2.45) is 0 Å². The van der Waals surface area contributed by atoms with E-state index in [4.69, 9.17) is 0 Å². The van der Waals surface area contributed by atoms with Crippen molar-refractivity contribution in [1.29, 1.82) is 0 Å². The Labute approximate surface area is 72.1 Å². The molecule has 0 aromatic rings. The van der Waals surface area contributed by atoms with E-state index in [0.29, 0.717) is 0 Å². The quantitative estimate of drug-likeness (QED) is 0.567. The normalized spacial score (nSPS) is 13.5. The molecule has 0 amide bonds. The molecule has 1 unspecified atom stereocenters. The minimum absolute atomic E-state index is 1.19. The molecule has 0 aliphatic heterocycles. The van der Waals surface area contributed by atoms with Gasteiger partial charge in [0.2, 0.25) is 0 Å². The number of hydrogen-bond donors (Lipinski definition) is 1. The predicted octanol–water partition coefficient (Wildman–Crippen LogP) is 2.30. The van der Waals surface area contributed by atoms with Crippen molar-refractivity contribution in [1.82, 2.24) is 0 Å². The summed E-state index contributed by atoms with van der Waals surface area (Å²) in [7, 11) is 0. The van der Waals surface area contributed by atoms with Crippen LogP contribution in [0.25, 0.3) is 0 Å². The van der Waals surface area contributed by atoms with E-state index in [1.807, 2.05) is 0 Å². The van der Waals surface area contributed by atoms with Crippen molar-refractivity contribution in [3.8, 4) is 0 Å². The van der Waals surface area contributed by atoms with Crippen LogP contribution in [0.5, 0.6) is 0 Å². The molecule has 0 fully saturated rings. The number of rotatable bonds is 6. The Morgan fingerprint density at radius 1 is 1.00 bits per heavy atom. The third-order valence-electron chi connectivity index (χ3n) is 1.76. The summed E-state index contributed by atoms with van der Waals surface area (Å²) in [6, 6.07) is 0. The fourth-order valence-electron chi connectivity index (χ4n) is 1.11. The molecule has 0 aliphatic rings. The molecule has 62 valence electrons. The van der Waals surface area contributed by atoms with Gasteiger partial charge in [-0.25, -0.2) is 0 Å². The summed E-state index contributed by atoms with van der Waals surface area (Å²) in [6.45, 7) is 4.38. The van der Waals surface area contributed by atoms with Gasteiger partial charge in [-0.15, -0.1) is 0 Å². The van der Waals surface area contributed by atoms with Gasteiger partial charge in [-0.05, 0) is 0 Å². The van der Waals surface area contributed by atoms with Crippen LogP contribution in [0.4, 0.5) is 0 Å². The first-order valence-electron chi connectivity index (χ1n) is 4.49. The van der Waals surface area contributed by atoms with Gasteiger partial charge >= 0.3 is 72.0 Å². The van der Waals surface area contributed by atoms with Crippen molar-refractivity contribution in [3.63, 3.8) is 0 Å². The first kappa shape index (κ1) is 10.8. The third-order valence-corrected chi connectivity index (χ3v) is 8.38. The Morgan fingerprint density at radius 3 is 2.20 bits per heavy atom. The van der Waals surface area contributed by atoms with Crippen LogP contribution in [0, 0.1) is 0 Å². The molecule has 10 heavy (non-hydrogen) atoms. The summed E-state index contributed by atoms with van der Waals surface area (Å²) in [6.07, 6.45) is 5.08. The van der Waals surface area contributed by atoms with Crippen LogP contribution in [0.15, 0.2) is 0 Å². The van der Waals surface area contributed by atoms with Gasteiger partial charge in [0.05, 0.1) is 0 Å². The van der Waals surface area contributed by atoms with E-state index < -0.39 is 20.2 Å². The average molecular weight is 251 g/mol. The fourth-order valence-corrected chi connectivity index (χ4v) is 6.00. The Bertz CT molecular complexity index is 66.3. The van der Waals surface area contributed by atoms with Crippen LogP contribution in [0.2, 0.25) is 8.87 Å². The number of hydrogen-bond acceptors (Lipinski definition) is 1. The summed E-state index contributed by atoms with van der Waals surface area (Å²) in [5.74, 6) is 0. The zero-order chi connectivity index (χ0) is 7.82. The molecule has 0 aromatic carbocycles. The monoisotopic (exact) mass is 252 g/mol. The van der Waals surface area contributed by atoms with Gasteiger partial charge in [-0.3, -0.25) is 0 Å². The van der Waals surface area contributed by atoms with Crippen molar-refractivity contribution < 1.29 is 3.44 Å². The summed E-state index contributed by atoms with van der Waals surface area (Å²) < 4.78 is 11.9. The van der Waals surface area contributed by atoms with Gasteiger partial charge < -0.3 is 0 Å². The van der Waals surface area contributed by atoms with Crippen LogP contribution in [-0.2, 0) is 0 Å². The maximum absolute atomic E-state index is 9.49. The molecular formula is C8H20OSn. The molecule has 0 saturated carbocycles. The van der Waals surface area contributed by atoms with Gasteiger partial charge in [-0.1, -0.05) is 0 Å². The second-order valence-electron chi connectivity index (χ2n) is 2.94. The summed E-state index contributed by atoms with van der Waals surface area (Å²) in [5, 5.41) is 0. The molecule has 1 nitrogen and oxygen atoms in total. The zero-order valence-electron chi connectivity index (χ0n) is 7.27. The van der Waals surface area contributed by atoms with Crippen LogP contribution >= 0.6 is 0 Å². The molecule has 1 atom stereocenters. The Balaban J connectivity index is 2.97. The SMILES string of the molecule is CCCC[CH2][SnH]([OH])[CH2]CC. The van der Waals surface area contributed by atoms with Gasteiger partial charge in [0.25, 0.3) is 0 Å². The maximum atomic E-state index is 9.49. The molecule has 1 N–H and O–H groups in total. The van der Waals surface area contributed by atoms with E-state index in [2.05, 4.69) is 13.8 Å². The summed E-state index contributed by atoms with van der Waals surface area (Å²) in [4.78, 5) is 0. The fraction of sp³-hybridized carbons (Fsp3) is 1.00. The van der Waals surface area contributed by atoms with Crippen molar-refractivity contribution in [3.05, 3.63) is 0 Å². The van der Waals surface area contributed by atoms with Crippen molar-refractivity contribution in [2.75, 3.05) is 0 Å². The topological polar surface area (TPSA) is 20.2 Å². The molecule has 0 spiro atoms. The van der Waals surface area contributed by atoms with Gasteiger partial charge in [0.1, 0.15) is 0 Å². The molecular weight excluding hydrogens is 231 g/mol. The third kappa shape index (κ3) is 6.87. The van der Waals surface area contributed by atoms with E-state index in [-0.39, 0.29) is 0 Å². The first-order valence-corrected chi connectivity index (χ1v) is 10.6. The van der Waals surface area contributed by atoms with E-state index in [1.165, 1.54) is 34.6 Å². The Morgan fingerprint density at radius 2 is 1.70 bits per heavy atom. The van der Waals surface area contributed by atoms with E-state index >= 15 is 0 Å². The molecule has 0 saturated heterocycles. The molecule has 0 bridgehead atoms. The standard InChI is InChI=1S/C5H11.C3H7.H2O.Sn.H/c1-3-5-4-2;1-3-2;;;/h1,3-5H2,2H3;1,3H2,2H3;1H2;;/q;;;+1;/p-1. The second-order valence-corrected chi connectivity index (χ2v) is 9.97. The van der Waals surface area contributed by atoms with E-state index in [0.717, 1.165) is 0 Å². The molecule has 0 rings (SSSR count). The van der Waals surface area contributed by atoms with Crippen LogP contribution in [-0.4, -0.2) is 23.6 Å². The van der Waals surface area contributed by atoms with Crippen molar-refractivity contribution in [2.45, 2.75) is 48.4 Å². The Hall–Kier alpha value is 0.759.